The van der Waals surface area contributed by atoms with Gasteiger partial charge in [0.15, 0.2) is 23.2 Å². The third kappa shape index (κ3) is 2.01. The molecule has 2 aromatic heterocycles. The highest BCUT2D eigenvalue weighted by Crippen LogP contribution is 2.35. The Kier molecular flexibility index (Phi) is 3.44. The Hall–Kier alpha value is -2.25. The summed E-state index contributed by atoms with van der Waals surface area (Å²) in [6.45, 7) is 3.27. The van der Waals surface area contributed by atoms with Gasteiger partial charge in [-0.15, -0.1) is 5.73 Å². The predicted octanol–water partition coefficient (Wildman–Crippen LogP) is -0.170. The zero-order valence-corrected chi connectivity index (χ0v) is 11.4. The minimum Gasteiger partial charge on any atom is -0.394 e. The van der Waals surface area contributed by atoms with Crippen LogP contribution in [-0.4, -0.2) is 55.6 Å². The second-order valence-electron chi connectivity index (χ2n) is 4.58. The molecule has 1 saturated heterocycles. The molecule has 0 aliphatic carbocycles. The molecule has 0 spiro atoms. The van der Waals surface area contributed by atoms with Gasteiger partial charge in [0.2, 0.25) is 0 Å². The molecule has 0 unspecified atom stereocenters. The number of fused-ring (bicyclic) bond motifs is 1. The first kappa shape index (κ1) is 13.7. The third-order valence-corrected chi connectivity index (χ3v) is 3.47. The van der Waals surface area contributed by atoms with Crippen LogP contribution in [0, 0.1) is 0 Å². The number of imidazole rings is 1. The third-order valence-electron chi connectivity index (χ3n) is 3.47. The Balaban J connectivity index is 2.11. The Labute approximate surface area is 120 Å². The van der Waals surface area contributed by atoms with Gasteiger partial charge < -0.3 is 20.3 Å². The van der Waals surface area contributed by atoms with Crippen LogP contribution in [-0.2, 0) is 4.74 Å². The molecule has 110 valence electrons. The molecule has 0 amide bonds. The molecular formula is C13H15N5O3. The summed E-state index contributed by atoms with van der Waals surface area (Å²) in [5, 5.41) is 22.3. The smallest absolute Gasteiger partial charge is 0.169 e. The van der Waals surface area contributed by atoms with Gasteiger partial charge in [0, 0.05) is 7.05 Å². The van der Waals surface area contributed by atoms with Crippen LogP contribution in [0.4, 0.5) is 5.82 Å². The maximum Gasteiger partial charge on any atom is 0.169 e. The van der Waals surface area contributed by atoms with E-state index in [-0.39, 0.29) is 6.61 Å². The van der Waals surface area contributed by atoms with E-state index in [0.29, 0.717) is 22.6 Å². The number of anilines is 1. The van der Waals surface area contributed by atoms with Crippen molar-refractivity contribution in [3.63, 3.8) is 0 Å². The summed E-state index contributed by atoms with van der Waals surface area (Å²) in [5.41, 5.74) is 4.27. The summed E-state index contributed by atoms with van der Waals surface area (Å²) in [5.74, 6) is 0.597. The maximum absolute atomic E-state index is 10.1. The van der Waals surface area contributed by atoms with Gasteiger partial charge in [0.25, 0.3) is 0 Å². The number of rotatable bonds is 3. The summed E-state index contributed by atoms with van der Waals surface area (Å²) in [6.07, 6.45) is 0.634. The van der Waals surface area contributed by atoms with Crippen molar-refractivity contribution in [1.82, 2.24) is 19.5 Å². The number of hydrogen-bond acceptors (Lipinski definition) is 7. The first-order chi connectivity index (χ1) is 10.2. The fourth-order valence-electron chi connectivity index (χ4n) is 2.42. The normalized spacial score (nSPS) is 25.3. The van der Waals surface area contributed by atoms with E-state index < -0.39 is 18.4 Å². The number of nitrogens with zero attached hydrogens (tertiary/aromatic N) is 4. The van der Waals surface area contributed by atoms with E-state index in [0.717, 1.165) is 0 Å². The molecule has 8 nitrogen and oxygen atoms in total. The molecular weight excluding hydrogens is 274 g/mol. The van der Waals surface area contributed by atoms with Gasteiger partial charge in [-0.2, -0.15) is 0 Å². The molecule has 21 heavy (non-hydrogen) atoms. The topological polar surface area (TPSA) is 105 Å². The molecule has 3 rings (SSSR count). The highest BCUT2D eigenvalue weighted by Gasteiger charge is 2.40. The molecule has 8 heteroatoms. The van der Waals surface area contributed by atoms with E-state index in [1.54, 1.807) is 17.9 Å². The van der Waals surface area contributed by atoms with Crippen LogP contribution in [0.1, 0.15) is 6.23 Å². The Morgan fingerprint density at radius 3 is 2.95 bits per heavy atom. The van der Waals surface area contributed by atoms with E-state index in [2.05, 4.69) is 32.6 Å². The zero-order chi connectivity index (χ0) is 15.0. The van der Waals surface area contributed by atoms with Crippen LogP contribution < -0.4 is 5.32 Å². The van der Waals surface area contributed by atoms with Crippen LogP contribution in [0.5, 0.6) is 0 Å². The minimum absolute atomic E-state index is 0.299. The van der Waals surface area contributed by atoms with E-state index in [1.807, 2.05) is 0 Å². The standard InChI is InChI=1S/C13H15N5O3/c1-3-7-10(20)8(4-19)21-13(7)18-6-17-9-11(14-2)15-5-16-12(9)18/h5-6,8,10,13,19-20H,1,4H2,2H3,(H,14,15,16)/t8-,10+,13-/m1/s1. The summed E-state index contributed by atoms with van der Waals surface area (Å²) in [4.78, 5) is 12.6. The first-order valence-corrected chi connectivity index (χ1v) is 6.40. The average molecular weight is 289 g/mol. The molecule has 0 saturated carbocycles. The predicted molar refractivity (Wildman–Crippen MR) is 74.5 cm³/mol. The zero-order valence-electron chi connectivity index (χ0n) is 11.4. The second-order valence-corrected chi connectivity index (χ2v) is 4.58. The molecule has 3 heterocycles. The lowest BCUT2D eigenvalue weighted by Crippen LogP contribution is -2.25. The van der Waals surface area contributed by atoms with Gasteiger partial charge in [-0.05, 0) is 0 Å². The molecule has 1 aliphatic rings. The van der Waals surface area contributed by atoms with E-state index in [1.165, 1.54) is 6.33 Å². The van der Waals surface area contributed by atoms with E-state index in [9.17, 15) is 10.2 Å². The number of hydrogen-bond donors (Lipinski definition) is 3. The number of aromatic nitrogens is 4. The van der Waals surface area contributed by atoms with Crippen molar-refractivity contribution in [1.29, 1.82) is 0 Å². The summed E-state index contributed by atoms with van der Waals surface area (Å²) >= 11 is 0. The lowest BCUT2D eigenvalue weighted by molar-refractivity contribution is -0.0422. The van der Waals surface area contributed by atoms with Gasteiger partial charge in [-0.25, -0.2) is 15.0 Å². The quantitative estimate of drug-likeness (QED) is 0.674. The monoisotopic (exact) mass is 289 g/mol. The SMILES string of the molecule is C=C=C1[C@H](n2cnc3c(NC)ncnc32)O[C@H](CO)[C@H]1O. The molecule has 1 aliphatic heterocycles. The van der Waals surface area contributed by atoms with E-state index >= 15 is 0 Å². The average Bonchev–Trinajstić information content (AvgIpc) is 3.07. The molecule has 3 atom stereocenters. The van der Waals surface area contributed by atoms with Gasteiger partial charge in [0.05, 0.1) is 18.5 Å². The van der Waals surface area contributed by atoms with Crippen molar-refractivity contribution in [2.24, 2.45) is 0 Å². The molecule has 0 bridgehead atoms. The number of aliphatic hydroxyl groups excluding tert-OH is 2. The summed E-state index contributed by atoms with van der Waals surface area (Å²) in [7, 11) is 1.74. The van der Waals surface area contributed by atoms with E-state index in [4.69, 9.17) is 4.74 Å². The van der Waals surface area contributed by atoms with Gasteiger partial charge in [-0.3, -0.25) is 4.57 Å². The Morgan fingerprint density at radius 1 is 1.48 bits per heavy atom. The molecule has 1 fully saturated rings. The van der Waals surface area contributed by atoms with Gasteiger partial charge >= 0.3 is 0 Å². The second kappa shape index (κ2) is 5.27. The number of nitrogens with one attached hydrogen (secondary N) is 1. The largest absolute Gasteiger partial charge is 0.394 e. The van der Waals surface area contributed by atoms with Crippen molar-refractivity contribution < 1.29 is 14.9 Å². The minimum atomic E-state index is -0.958. The highest BCUT2D eigenvalue weighted by atomic mass is 16.5. The number of aliphatic hydroxyl groups is 2. The molecule has 0 aromatic carbocycles. The lowest BCUT2D eigenvalue weighted by Gasteiger charge is -2.13. The summed E-state index contributed by atoms with van der Waals surface area (Å²) < 4.78 is 7.31. The van der Waals surface area contributed by atoms with Gasteiger partial charge in [-0.1, -0.05) is 6.58 Å². The molecule has 2 aromatic rings. The van der Waals surface area contributed by atoms with Crippen LogP contribution >= 0.6 is 0 Å². The van der Waals surface area contributed by atoms with Crippen molar-refractivity contribution in [2.75, 3.05) is 19.0 Å². The Bertz CT molecular complexity index is 722. The van der Waals surface area contributed by atoms with Crippen molar-refractivity contribution in [3.05, 3.63) is 30.5 Å². The lowest BCUT2D eigenvalue weighted by atomic mass is 10.1. The molecule has 0 radical (unpaired) electrons. The Morgan fingerprint density at radius 2 is 2.29 bits per heavy atom. The van der Waals surface area contributed by atoms with Crippen LogP contribution in [0.2, 0.25) is 0 Å². The maximum atomic E-state index is 10.1. The molecule has 3 N–H and O–H groups in total. The highest BCUT2D eigenvalue weighted by molar-refractivity contribution is 5.82. The first-order valence-electron chi connectivity index (χ1n) is 6.40. The van der Waals surface area contributed by atoms with Gasteiger partial charge in [0.1, 0.15) is 18.5 Å². The van der Waals surface area contributed by atoms with Crippen molar-refractivity contribution >= 4 is 17.0 Å². The van der Waals surface area contributed by atoms with Crippen LogP contribution in [0.25, 0.3) is 11.2 Å². The van der Waals surface area contributed by atoms with Crippen LogP contribution in [0.15, 0.2) is 30.5 Å². The number of ether oxygens (including phenoxy) is 1. The van der Waals surface area contributed by atoms with Crippen molar-refractivity contribution in [3.8, 4) is 0 Å². The summed E-state index contributed by atoms with van der Waals surface area (Å²) in [6, 6.07) is 0. The van der Waals surface area contributed by atoms with Crippen molar-refractivity contribution in [2.45, 2.75) is 18.4 Å². The fourth-order valence-corrected chi connectivity index (χ4v) is 2.42. The fraction of sp³-hybridized carbons (Fsp3) is 0.385. The van der Waals surface area contributed by atoms with Crippen LogP contribution in [0.3, 0.4) is 0 Å².